The lowest BCUT2D eigenvalue weighted by molar-refractivity contribution is 0.0761. The third-order valence-corrected chi connectivity index (χ3v) is 4.61. The van der Waals surface area contributed by atoms with E-state index in [1.54, 1.807) is 0 Å². The molecular weight excluding hydrogens is 316 g/mol. The van der Waals surface area contributed by atoms with Gasteiger partial charge in [0.2, 0.25) is 0 Å². The highest BCUT2D eigenvalue weighted by molar-refractivity contribution is 9.11. The number of carbonyl (C=O) groups excluding carboxylic acids is 1. The largest absolute Gasteiger partial charge is 0.395 e. The van der Waals surface area contributed by atoms with Gasteiger partial charge in [-0.1, -0.05) is 0 Å². The second kappa shape index (κ2) is 6.65. The lowest BCUT2D eigenvalue weighted by Crippen LogP contribution is -2.35. The Balaban J connectivity index is 1.95. The number of rotatable bonds is 3. The first-order valence-corrected chi connectivity index (χ1v) is 7.74. The van der Waals surface area contributed by atoms with E-state index in [1.165, 1.54) is 11.3 Å². The molecule has 1 amide bonds. The summed E-state index contributed by atoms with van der Waals surface area (Å²) in [5.41, 5.74) is 0.766. The molecule has 1 aliphatic heterocycles. The van der Waals surface area contributed by atoms with E-state index in [0.29, 0.717) is 6.54 Å². The minimum Gasteiger partial charge on any atom is -0.395 e. The Labute approximate surface area is 119 Å². The van der Waals surface area contributed by atoms with Gasteiger partial charge < -0.3 is 10.0 Å². The van der Waals surface area contributed by atoms with Crippen molar-refractivity contribution < 1.29 is 9.90 Å². The summed E-state index contributed by atoms with van der Waals surface area (Å²) >= 11 is 4.92. The second-order valence-electron chi connectivity index (χ2n) is 4.35. The smallest absolute Gasteiger partial charge is 0.254 e. The summed E-state index contributed by atoms with van der Waals surface area (Å²) in [5.74, 6) is 0.114. The van der Waals surface area contributed by atoms with Gasteiger partial charge in [-0.3, -0.25) is 9.69 Å². The normalized spacial score (nSPS) is 17.8. The molecule has 1 saturated heterocycles. The van der Waals surface area contributed by atoms with Crippen LogP contribution < -0.4 is 0 Å². The number of hydrogen-bond acceptors (Lipinski definition) is 4. The van der Waals surface area contributed by atoms with E-state index in [2.05, 4.69) is 20.8 Å². The van der Waals surface area contributed by atoms with Crippen molar-refractivity contribution in [2.24, 2.45) is 0 Å². The molecule has 18 heavy (non-hydrogen) atoms. The van der Waals surface area contributed by atoms with Crippen LogP contribution in [0.3, 0.4) is 0 Å². The van der Waals surface area contributed by atoms with Crippen LogP contribution in [0.2, 0.25) is 0 Å². The molecule has 1 aliphatic rings. The standard InChI is InChI=1S/C12H17BrN2O2S/c13-11-8-10(9-18-11)12(17)15-3-1-2-14(4-5-15)6-7-16/h8-9,16H,1-7H2. The molecule has 100 valence electrons. The highest BCUT2D eigenvalue weighted by Gasteiger charge is 2.20. The Bertz CT molecular complexity index is 411. The van der Waals surface area contributed by atoms with E-state index in [-0.39, 0.29) is 12.5 Å². The van der Waals surface area contributed by atoms with Gasteiger partial charge in [0.15, 0.2) is 0 Å². The number of nitrogens with zero attached hydrogens (tertiary/aromatic N) is 2. The number of amides is 1. The molecule has 6 heteroatoms. The Kier molecular flexibility index (Phi) is 5.17. The van der Waals surface area contributed by atoms with Crippen LogP contribution in [0.25, 0.3) is 0 Å². The lowest BCUT2D eigenvalue weighted by atomic mass is 10.3. The average Bonchev–Trinajstić information content (AvgIpc) is 2.65. The molecule has 0 aliphatic carbocycles. The van der Waals surface area contributed by atoms with Gasteiger partial charge in [-0.2, -0.15) is 0 Å². The number of carbonyl (C=O) groups is 1. The van der Waals surface area contributed by atoms with Crippen molar-refractivity contribution in [1.82, 2.24) is 9.80 Å². The van der Waals surface area contributed by atoms with Crippen molar-refractivity contribution >= 4 is 33.2 Å². The average molecular weight is 333 g/mol. The highest BCUT2D eigenvalue weighted by Crippen LogP contribution is 2.22. The minimum atomic E-state index is 0.114. The summed E-state index contributed by atoms with van der Waals surface area (Å²) in [6, 6.07) is 1.88. The molecular formula is C12H17BrN2O2S. The van der Waals surface area contributed by atoms with E-state index in [4.69, 9.17) is 5.11 Å². The number of β-amino-alcohol motifs (C(OH)–C–C–N with tert-alkyl or cyclic N) is 1. The molecule has 1 fully saturated rings. The first-order chi connectivity index (χ1) is 8.70. The molecule has 4 nitrogen and oxygen atoms in total. The molecule has 0 unspecified atom stereocenters. The van der Waals surface area contributed by atoms with Crippen LogP contribution in [-0.2, 0) is 0 Å². The Hall–Kier alpha value is -0.430. The zero-order valence-corrected chi connectivity index (χ0v) is 12.5. The zero-order valence-electron chi connectivity index (χ0n) is 10.1. The van der Waals surface area contributed by atoms with Crippen LogP contribution in [0.15, 0.2) is 15.2 Å². The third kappa shape index (κ3) is 3.54. The van der Waals surface area contributed by atoms with Gasteiger partial charge in [0.1, 0.15) is 0 Å². The first-order valence-electron chi connectivity index (χ1n) is 6.07. The lowest BCUT2D eigenvalue weighted by Gasteiger charge is -2.21. The quantitative estimate of drug-likeness (QED) is 0.915. The predicted octanol–water partition coefficient (Wildman–Crippen LogP) is 1.65. The van der Waals surface area contributed by atoms with Crippen LogP contribution in [0.1, 0.15) is 16.8 Å². The summed E-state index contributed by atoms with van der Waals surface area (Å²) in [4.78, 5) is 16.4. The molecule has 0 aromatic carbocycles. The van der Waals surface area contributed by atoms with Crippen LogP contribution in [0, 0.1) is 0 Å². The number of aliphatic hydroxyl groups excluding tert-OH is 1. The Morgan fingerprint density at radius 2 is 2.22 bits per heavy atom. The van der Waals surface area contributed by atoms with Gasteiger partial charge in [0, 0.05) is 31.6 Å². The number of thiophene rings is 1. The molecule has 1 N–H and O–H groups in total. The molecule has 0 radical (unpaired) electrons. The molecule has 1 aromatic heterocycles. The van der Waals surface area contributed by atoms with Crippen LogP contribution in [0.5, 0.6) is 0 Å². The van der Waals surface area contributed by atoms with Gasteiger partial charge in [-0.15, -0.1) is 11.3 Å². The van der Waals surface area contributed by atoms with Crippen molar-refractivity contribution in [3.05, 3.63) is 20.8 Å². The van der Waals surface area contributed by atoms with Gasteiger partial charge in [0.05, 0.1) is 16.0 Å². The molecule has 0 spiro atoms. The fourth-order valence-corrected chi connectivity index (χ4v) is 3.27. The maximum Gasteiger partial charge on any atom is 0.254 e. The molecule has 0 bridgehead atoms. The van der Waals surface area contributed by atoms with E-state index >= 15 is 0 Å². The highest BCUT2D eigenvalue weighted by atomic mass is 79.9. The van der Waals surface area contributed by atoms with Crippen molar-refractivity contribution in [3.63, 3.8) is 0 Å². The van der Waals surface area contributed by atoms with Crippen LogP contribution in [0.4, 0.5) is 0 Å². The van der Waals surface area contributed by atoms with Crippen molar-refractivity contribution in [2.75, 3.05) is 39.3 Å². The summed E-state index contributed by atoms with van der Waals surface area (Å²) in [6.45, 7) is 4.23. The van der Waals surface area contributed by atoms with E-state index in [0.717, 1.165) is 41.9 Å². The summed E-state index contributed by atoms with van der Waals surface area (Å²) < 4.78 is 0.988. The van der Waals surface area contributed by atoms with Crippen LogP contribution in [-0.4, -0.2) is 60.1 Å². The maximum absolute atomic E-state index is 12.3. The molecule has 0 atom stereocenters. The summed E-state index contributed by atoms with van der Waals surface area (Å²) in [6.07, 6.45) is 0.969. The van der Waals surface area contributed by atoms with Crippen molar-refractivity contribution in [1.29, 1.82) is 0 Å². The monoisotopic (exact) mass is 332 g/mol. The fraction of sp³-hybridized carbons (Fsp3) is 0.583. The van der Waals surface area contributed by atoms with Gasteiger partial charge in [-0.25, -0.2) is 0 Å². The number of hydrogen-bond donors (Lipinski definition) is 1. The molecule has 2 heterocycles. The Morgan fingerprint density at radius 3 is 2.89 bits per heavy atom. The van der Waals surface area contributed by atoms with Crippen molar-refractivity contribution in [2.45, 2.75) is 6.42 Å². The first kappa shape index (κ1) is 14.0. The number of halogens is 1. The molecule has 0 saturated carbocycles. The summed E-state index contributed by atoms with van der Waals surface area (Å²) in [5, 5.41) is 10.8. The SMILES string of the molecule is O=C(c1csc(Br)c1)N1CCCN(CCO)CC1. The fourth-order valence-electron chi connectivity index (χ4n) is 2.14. The van der Waals surface area contributed by atoms with Gasteiger partial charge in [0.25, 0.3) is 5.91 Å². The minimum absolute atomic E-state index is 0.114. The predicted molar refractivity (Wildman–Crippen MR) is 76.1 cm³/mol. The Morgan fingerprint density at radius 1 is 1.39 bits per heavy atom. The van der Waals surface area contributed by atoms with E-state index in [1.807, 2.05) is 16.3 Å². The number of aliphatic hydroxyl groups is 1. The van der Waals surface area contributed by atoms with Crippen molar-refractivity contribution in [3.8, 4) is 0 Å². The van der Waals surface area contributed by atoms with E-state index < -0.39 is 0 Å². The third-order valence-electron chi connectivity index (χ3n) is 3.11. The maximum atomic E-state index is 12.3. The topological polar surface area (TPSA) is 43.8 Å². The second-order valence-corrected chi connectivity index (χ2v) is 6.64. The zero-order chi connectivity index (χ0) is 13.0. The molecule has 1 aromatic rings. The van der Waals surface area contributed by atoms with E-state index in [9.17, 15) is 4.79 Å². The van der Waals surface area contributed by atoms with Gasteiger partial charge >= 0.3 is 0 Å². The van der Waals surface area contributed by atoms with Crippen LogP contribution >= 0.6 is 27.3 Å². The molecule has 2 rings (SSSR count). The summed E-state index contributed by atoms with van der Waals surface area (Å²) in [7, 11) is 0. The van der Waals surface area contributed by atoms with Gasteiger partial charge in [-0.05, 0) is 35.0 Å².